The lowest BCUT2D eigenvalue weighted by atomic mass is 10.3. The van der Waals surface area contributed by atoms with Gasteiger partial charge in [-0.3, -0.25) is 0 Å². The molecule has 1 heterocycles. The van der Waals surface area contributed by atoms with Gasteiger partial charge in [-0.25, -0.2) is 0 Å². The Morgan fingerprint density at radius 1 is 1.73 bits per heavy atom. The van der Waals surface area contributed by atoms with E-state index in [0.29, 0.717) is 11.7 Å². The monoisotopic (exact) mass is 186 g/mol. The maximum absolute atomic E-state index is 5.21. The SMILES string of the molecule is CCOC(=S)c1sccc1C. The average molecular weight is 186 g/mol. The predicted octanol–water partition coefficient (Wildman–Crippen LogP) is 2.77. The molecule has 1 aromatic rings. The first-order valence-corrected chi connectivity index (χ1v) is 4.75. The number of thiocarbonyl (C=S) groups is 1. The predicted molar refractivity (Wildman–Crippen MR) is 52.4 cm³/mol. The molecular formula is C8H10OS2. The number of hydrogen-bond acceptors (Lipinski definition) is 3. The van der Waals surface area contributed by atoms with E-state index < -0.39 is 0 Å². The van der Waals surface area contributed by atoms with Crippen molar-refractivity contribution in [2.24, 2.45) is 0 Å². The average Bonchev–Trinajstić information content (AvgIpc) is 2.36. The standard InChI is InChI=1S/C8H10OS2/c1-3-9-8(10)7-6(2)4-5-11-7/h4-5H,3H2,1-2H3. The van der Waals surface area contributed by atoms with Crippen LogP contribution >= 0.6 is 23.6 Å². The van der Waals surface area contributed by atoms with Crippen LogP contribution in [-0.2, 0) is 4.74 Å². The van der Waals surface area contributed by atoms with Crippen molar-refractivity contribution in [3.8, 4) is 0 Å². The number of thiophene rings is 1. The maximum atomic E-state index is 5.21. The highest BCUT2D eigenvalue weighted by atomic mass is 32.1. The van der Waals surface area contributed by atoms with Gasteiger partial charge in [-0.1, -0.05) is 0 Å². The summed E-state index contributed by atoms with van der Waals surface area (Å²) < 4.78 is 5.21. The van der Waals surface area contributed by atoms with Gasteiger partial charge in [0, 0.05) is 0 Å². The van der Waals surface area contributed by atoms with Gasteiger partial charge in [0.15, 0.2) is 0 Å². The summed E-state index contributed by atoms with van der Waals surface area (Å²) in [4.78, 5) is 1.09. The van der Waals surface area contributed by atoms with E-state index in [9.17, 15) is 0 Å². The molecule has 0 radical (unpaired) electrons. The van der Waals surface area contributed by atoms with Gasteiger partial charge in [0.1, 0.15) is 0 Å². The van der Waals surface area contributed by atoms with Gasteiger partial charge < -0.3 is 4.74 Å². The Balaban J connectivity index is 2.76. The molecule has 1 rings (SSSR count). The van der Waals surface area contributed by atoms with Crippen molar-refractivity contribution in [2.45, 2.75) is 13.8 Å². The van der Waals surface area contributed by atoms with Gasteiger partial charge in [-0.2, -0.15) is 0 Å². The Kier molecular flexibility index (Phi) is 3.02. The molecule has 0 spiro atoms. The van der Waals surface area contributed by atoms with E-state index in [2.05, 4.69) is 0 Å². The lowest BCUT2D eigenvalue weighted by Crippen LogP contribution is -2.01. The van der Waals surface area contributed by atoms with Gasteiger partial charge >= 0.3 is 0 Å². The van der Waals surface area contributed by atoms with Gasteiger partial charge in [0.05, 0.1) is 11.5 Å². The molecule has 0 unspecified atom stereocenters. The van der Waals surface area contributed by atoms with Crippen molar-refractivity contribution in [2.75, 3.05) is 6.61 Å². The van der Waals surface area contributed by atoms with Crippen molar-refractivity contribution in [1.29, 1.82) is 0 Å². The normalized spacial score (nSPS) is 9.64. The lowest BCUT2D eigenvalue weighted by Gasteiger charge is -2.02. The van der Waals surface area contributed by atoms with E-state index in [1.165, 1.54) is 5.56 Å². The van der Waals surface area contributed by atoms with Gasteiger partial charge in [0.2, 0.25) is 5.05 Å². The number of rotatable bonds is 2. The van der Waals surface area contributed by atoms with Gasteiger partial charge in [-0.15, -0.1) is 11.3 Å². The van der Waals surface area contributed by atoms with Crippen molar-refractivity contribution in [1.82, 2.24) is 0 Å². The maximum Gasteiger partial charge on any atom is 0.201 e. The molecule has 0 saturated carbocycles. The summed E-state index contributed by atoms with van der Waals surface area (Å²) in [7, 11) is 0. The molecule has 0 saturated heterocycles. The quantitative estimate of drug-likeness (QED) is 0.657. The van der Waals surface area contributed by atoms with Crippen LogP contribution < -0.4 is 0 Å². The third-order valence-corrected chi connectivity index (χ3v) is 2.79. The molecule has 3 heteroatoms. The molecule has 0 fully saturated rings. The molecule has 0 bridgehead atoms. The third-order valence-electron chi connectivity index (χ3n) is 1.32. The minimum Gasteiger partial charge on any atom is -0.483 e. The minimum absolute atomic E-state index is 0.625. The summed E-state index contributed by atoms with van der Waals surface area (Å²) >= 11 is 6.68. The first-order valence-electron chi connectivity index (χ1n) is 3.47. The summed E-state index contributed by atoms with van der Waals surface area (Å²) in [6.45, 7) is 4.63. The van der Waals surface area contributed by atoms with E-state index in [4.69, 9.17) is 17.0 Å². The molecule has 0 aliphatic rings. The van der Waals surface area contributed by atoms with Crippen LogP contribution in [0.3, 0.4) is 0 Å². The molecule has 0 N–H and O–H groups in total. The molecule has 1 aromatic heterocycles. The summed E-state index contributed by atoms with van der Waals surface area (Å²) in [5, 5.41) is 2.65. The van der Waals surface area contributed by atoms with Crippen LogP contribution in [0.2, 0.25) is 0 Å². The van der Waals surface area contributed by atoms with Gasteiger partial charge in [-0.05, 0) is 43.1 Å². The molecule has 0 atom stereocenters. The highest BCUT2D eigenvalue weighted by Crippen LogP contribution is 2.17. The number of aryl methyl sites for hydroxylation is 1. The zero-order valence-electron chi connectivity index (χ0n) is 6.59. The summed E-state index contributed by atoms with van der Waals surface area (Å²) in [6.07, 6.45) is 0. The Morgan fingerprint density at radius 2 is 2.45 bits per heavy atom. The second-order valence-corrected chi connectivity index (χ2v) is 3.44. The van der Waals surface area contributed by atoms with Crippen LogP contribution in [0.25, 0.3) is 0 Å². The zero-order valence-corrected chi connectivity index (χ0v) is 8.22. The van der Waals surface area contributed by atoms with Crippen LogP contribution in [0.5, 0.6) is 0 Å². The first-order chi connectivity index (χ1) is 5.25. The fraction of sp³-hybridized carbons (Fsp3) is 0.375. The van der Waals surface area contributed by atoms with E-state index in [1.54, 1.807) is 11.3 Å². The second-order valence-electron chi connectivity index (χ2n) is 2.15. The highest BCUT2D eigenvalue weighted by Gasteiger charge is 2.05. The van der Waals surface area contributed by atoms with Crippen molar-refractivity contribution >= 4 is 28.6 Å². The molecular weight excluding hydrogens is 176 g/mol. The summed E-state index contributed by atoms with van der Waals surface area (Å²) in [5.41, 5.74) is 1.20. The fourth-order valence-electron chi connectivity index (χ4n) is 0.778. The van der Waals surface area contributed by atoms with Crippen molar-refractivity contribution < 1.29 is 4.74 Å². The van der Waals surface area contributed by atoms with Crippen LogP contribution in [0, 0.1) is 6.92 Å². The Bertz CT molecular complexity index is 252. The number of hydrogen-bond donors (Lipinski definition) is 0. The largest absolute Gasteiger partial charge is 0.483 e. The smallest absolute Gasteiger partial charge is 0.201 e. The topological polar surface area (TPSA) is 9.23 Å². The minimum atomic E-state index is 0.625. The van der Waals surface area contributed by atoms with Crippen LogP contribution in [0.15, 0.2) is 11.4 Å². The Hall–Kier alpha value is -0.410. The molecule has 1 nitrogen and oxygen atoms in total. The Labute approximate surface area is 76.0 Å². The van der Waals surface area contributed by atoms with Crippen LogP contribution in [0.4, 0.5) is 0 Å². The third kappa shape index (κ3) is 2.01. The highest BCUT2D eigenvalue weighted by molar-refractivity contribution is 7.80. The number of ether oxygens (including phenoxy) is 1. The van der Waals surface area contributed by atoms with Crippen LogP contribution in [-0.4, -0.2) is 11.7 Å². The summed E-state index contributed by atoms with van der Waals surface area (Å²) in [6, 6.07) is 2.05. The fourth-order valence-corrected chi connectivity index (χ4v) is 2.02. The van der Waals surface area contributed by atoms with Crippen molar-refractivity contribution in [3.05, 3.63) is 21.9 Å². The molecule has 11 heavy (non-hydrogen) atoms. The van der Waals surface area contributed by atoms with E-state index >= 15 is 0 Å². The van der Waals surface area contributed by atoms with Crippen LogP contribution in [0.1, 0.15) is 17.4 Å². The molecule has 0 aliphatic heterocycles. The first kappa shape index (κ1) is 8.68. The van der Waals surface area contributed by atoms with Gasteiger partial charge in [0.25, 0.3) is 0 Å². The molecule has 0 aliphatic carbocycles. The lowest BCUT2D eigenvalue weighted by molar-refractivity contribution is 0.338. The summed E-state index contributed by atoms with van der Waals surface area (Å²) in [5.74, 6) is 0. The van der Waals surface area contributed by atoms with E-state index in [1.807, 2.05) is 25.3 Å². The second kappa shape index (κ2) is 3.83. The Morgan fingerprint density at radius 3 is 2.91 bits per heavy atom. The van der Waals surface area contributed by atoms with E-state index in [0.717, 1.165) is 4.88 Å². The zero-order chi connectivity index (χ0) is 8.27. The molecule has 0 amide bonds. The molecule has 0 aromatic carbocycles. The van der Waals surface area contributed by atoms with E-state index in [-0.39, 0.29) is 0 Å². The molecule has 60 valence electrons. The van der Waals surface area contributed by atoms with Crippen molar-refractivity contribution in [3.63, 3.8) is 0 Å².